The van der Waals surface area contributed by atoms with Crippen LogP contribution in [0.3, 0.4) is 0 Å². The maximum atomic E-state index is 15.1. The van der Waals surface area contributed by atoms with Gasteiger partial charge < -0.3 is 24.3 Å². The fourth-order valence-electron chi connectivity index (χ4n) is 4.01. The van der Waals surface area contributed by atoms with E-state index in [9.17, 15) is 10.1 Å². The van der Waals surface area contributed by atoms with Crippen LogP contribution < -0.4 is 19.7 Å². The normalized spacial score (nSPS) is 10.7. The number of imidazole rings is 1. The number of amides is 1. The number of carbonyl (C=O) groups is 1. The van der Waals surface area contributed by atoms with Crippen LogP contribution in [-0.2, 0) is 13.5 Å². The molecule has 0 bridgehead atoms. The number of methoxy groups -OCH3 is 2. The van der Waals surface area contributed by atoms with Crippen LogP contribution in [0.15, 0.2) is 42.7 Å². The van der Waals surface area contributed by atoms with Gasteiger partial charge in [-0.3, -0.25) is 4.79 Å². The smallest absolute Gasteiger partial charge is 0.260 e. The molecule has 0 saturated heterocycles. The van der Waals surface area contributed by atoms with Gasteiger partial charge in [-0.25, -0.2) is 14.4 Å². The third kappa shape index (κ3) is 4.38. The molecule has 1 N–H and O–H groups in total. The number of anilines is 3. The first kappa shape index (κ1) is 24.5. The van der Waals surface area contributed by atoms with E-state index in [1.54, 1.807) is 53.2 Å². The fourth-order valence-corrected chi connectivity index (χ4v) is 4.01. The zero-order valence-electron chi connectivity index (χ0n) is 20.6. The lowest BCUT2D eigenvalue weighted by Gasteiger charge is -2.23. The summed E-state index contributed by atoms with van der Waals surface area (Å²) in [6.45, 7) is 1.89. The number of ether oxygens (including phenoxy) is 2. The van der Waals surface area contributed by atoms with Gasteiger partial charge in [-0.1, -0.05) is 6.92 Å². The van der Waals surface area contributed by atoms with Crippen molar-refractivity contribution in [3.63, 3.8) is 0 Å². The minimum absolute atomic E-state index is 0.213. The molecule has 10 heteroatoms. The molecule has 1 amide bonds. The van der Waals surface area contributed by atoms with E-state index in [-0.39, 0.29) is 16.9 Å². The molecular weight excluding hydrogens is 463 g/mol. The predicted octanol–water partition coefficient (Wildman–Crippen LogP) is 4.58. The Balaban J connectivity index is 1.80. The number of fused-ring (bicyclic) bond motifs is 1. The molecule has 0 fully saturated rings. The number of nitrogens with one attached hydrogen (secondary N) is 1. The van der Waals surface area contributed by atoms with Crippen LogP contribution in [-0.4, -0.2) is 41.7 Å². The van der Waals surface area contributed by atoms with Gasteiger partial charge in [0, 0.05) is 26.2 Å². The minimum Gasteiger partial charge on any atom is -0.497 e. The summed E-state index contributed by atoms with van der Waals surface area (Å²) in [5, 5.41) is 12.1. The molecule has 36 heavy (non-hydrogen) atoms. The number of carbonyl (C=O) groups excluding carboxylic acids is 1. The Morgan fingerprint density at radius 2 is 2.00 bits per heavy atom. The number of hydrogen-bond donors (Lipinski definition) is 1. The quantitative estimate of drug-likeness (QED) is 0.406. The monoisotopic (exact) mass is 488 g/mol. The van der Waals surface area contributed by atoms with Gasteiger partial charge >= 0.3 is 0 Å². The summed E-state index contributed by atoms with van der Waals surface area (Å²) in [6, 6.07) is 11.5. The van der Waals surface area contributed by atoms with E-state index in [4.69, 9.17) is 9.47 Å². The van der Waals surface area contributed by atoms with E-state index in [1.807, 2.05) is 20.0 Å². The number of nitrogens with zero attached hydrogens (tertiary/aromatic N) is 5. The molecule has 2 aromatic carbocycles. The van der Waals surface area contributed by atoms with Crippen molar-refractivity contribution in [2.24, 2.45) is 7.05 Å². The first-order chi connectivity index (χ1) is 17.3. The highest BCUT2D eigenvalue weighted by Crippen LogP contribution is 2.34. The van der Waals surface area contributed by atoms with Crippen molar-refractivity contribution < 1.29 is 18.7 Å². The fraction of sp³-hybridized carbons (Fsp3) is 0.231. The van der Waals surface area contributed by atoms with Gasteiger partial charge in [0.15, 0.2) is 5.82 Å². The highest BCUT2D eigenvalue weighted by atomic mass is 19.1. The number of aryl methyl sites for hydroxylation is 2. The third-order valence-corrected chi connectivity index (χ3v) is 5.92. The molecule has 4 aromatic rings. The Labute approximate surface area is 207 Å². The topological polar surface area (TPSA) is 105 Å². The number of halogens is 1. The summed E-state index contributed by atoms with van der Waals surface area (Å²) in [5.41, 5.74) is 2.67. The molecule has 0 spiro atoms. The van der Waals surface area contributed by atoms with Gasteiger partial charge in [0.25, 0.3) is 5.91 Å². The second-order valence-corrected chi connectivity index (χ2v) is 8.06. The Hall–Kier alpha value is -4.65. The number of nitriles is 1. The summed E-state index contributed by atoms with van der Waals surface area (Å²) in [4.78, 5) is 23.8. The standard InChI is InChI=1S/C26H25FN6O3/c1-6-16-9-15(13-28)10-19(27)24(16)33(3)22-12-20-23(29-14-32(20)2)25(30-22)31-26(34)18-8-7-17(35-4)11-21(18)36-5/h7-12,14H,6H2,1-5H3,(H,30,31,34). The second-order valence-electron chi connectivity index (χ2n) is 8.06. The van der Waals surface area contributed by atoms with Gasteiger partial charge in [-0.05, 0) is 36.2 Å². The van der Waals surface area contributed by atoms with E-state index in [0.29, 0.717) is 46.0 Å². The average Bonchev–Trinajstić information content (AvgIpc) is 3.27. The zero-order chi connectivity index (χ0) is 26.0. The SMILES string of the molecule is CCc1cc(C#N)cc(F)c1N(C)c1cc2c(ncn2C)c(NC(=O)c2ccc(OC)cc2OC)n1. The van der Waals surface area contributed by atoms with Crippen LogP contribution >= 0.6 is 0 Å². The van der Waals surface area contributed by atoms with Crippen LogP contribution in [0.2, 0.25) is 0 Å². The highest BCUT2D eigenvalue weighted by Gasteiger charge is 2.21. The molecule has 2 aromatic heterocycles. The van der Waals surface area contributed by atoms with Crippen LogP contribution in [0, 0.1) is 17.1 Å². The minimum atomic E-state index is -0.533. The molecule has 9 nitrogen and oxygen atoms in total. The van der Waals surface area contributed by atoms with Crippen molar-refractivity contribution in [2.45, 2.75) is 13.3 Å². The molecule has 0 unspecified atom stereocenters. The lowest BCUT2D eigenvalue weighted by atomic mass is 10.1. The number of pyridine rings is 1. The lowest BCUT2D eigenvalue weighted by Crippen LogP contribution is -2.18. The van der Waals surface area contributed by atoms with Gasteiger partial charge in [-0.2, -0.15) is 5.26 Å². The Morgan fingerprint density at radius 1 is 1.22 bits per heavy atom. The summed E-state index contributed by atoms with van der Waals surface area (Å²) >= 11 is 0. The molecule has 4 rings (SSSR count). The van der Waals surface area contributed by atoms with Crippen LogP contribution in [0.1, 0.15) is 28.4 Å². The number of hydrogen-bond acceptors (Lipinski definition) is 7. The predicted molar refractivity (Wildman–Crippen MR) is 135 cm³/mol. The number of benzene rings is 2. The largest absolute Gasteiger partial charge is 0.497 e. The second kappa shape index (κ2) is 9.92. The highest BCUT2D eigenvalue weighted by molar-refractivity contribution is 6.09. The molecule has 2 heterocycles. The molecule has 0 aliphatic heterocycles. The van der Waals surface area contributed by atoms with Gasteiger partial charge in [0.1, 0.15) is 28.7 Å². The van der Waals surface area contributed by atoms with Crippen LogP contribution in [0.5, 0.6) is 11.5 Å². The summed E-state index contributed by atoms with van der Waals surface area (Å²) in [7, 11) is 6.50. The van der Waals surface area contributed by atoms with Gasteiger partial charge in [-0.15, -0.1) is 0 Å². The van der Waals surface area contributed by atoms with Crippen molar-refractivity contribution in [2.75, 3.05) is 31.5 Å². The Bertz CT molecular complexity index is 1510. The Kier molecular flexibility index (Phi) is 6.74. The number of rotatable bonds is 7. The molecule has 0 aliphatic rings. The lowest BCUT2D eigenvalue weighted by molar-refractivity contribution is 0.102. The van der Waals surface area contributed by atoms with E-state index in [2.05, 4.69) is 15.3 Å². The maximum Gasteiger partial charge on any atom is 0.260 e. The molecule has 0 atom stereocenters. The summed E-state index contributed by atoms with van der Waals surface area (Å²) in [5.74, 6) is 0.505. The first-order valence-electron chi connectivity index (χ1n) is 11.1. The molecular formula is C26H25FN6O3. The van der Waals surface area contributed by atoms with E-state index >= 15 is 4.39 Å². The Morgan fingerprint density at radius 3 is 2.67 bits per heavy atom. The van der Waals surface area contributed by atoms with Crippen molar-refractivity contribution >= 4 is 34.3 Å². The van der Waals surface area contributed by atoms with Crippen molar-refractivity contribution in [1.82, 2.24) is 14.5 Å². The first-order valence-corrected chi connectivity index (χ1v) is 11.1. The van der Waals surface area contributed by atoms with E-state index in [0.717, 1.165) is 0 Å². The van der Waals surface area contributed by atoms with Crippen molar-refractivity contribution in [1.29, 1.82) is 5.26 Å². The van der Waals surface area contributed by atoms with E-state index in [1.165, 1.54) is 20.3 Å². The van der Waals surface area contributed by atoms with Gasteiger partial charge in [0.2, 0.25) is 0 Å². The molecule has 0 aliphatic carbocycles. The third-order valence-electron chi connectivity index (χ3n) is 5.92. The molecule has 0 saturated carbocycles. The summed E-state index contributed by atoms with van der Waals surface area (Å²) in [6.07, 6.45) is 2.13. The molecule has 184 valence electrons. The van der Waals surface area contributed by atoms with E-state index < -0.39 is 11.7 Å². The zero-order valence-corrected chi connectivity index (χ0v) is 20.6. The van der Waals surface area contributed by atoms with Crippen molar-refractivity contribution in [3.05, 3.63) is 65.2 Å². The van der Waals surface area contributed by atoms with Crippen LogP contribution in [0.25, 0.3) is 11.0 Å². The van der Waals surface area contributed by atoms with Crippen LogP contribution in [0.4, 0.5) is 21.7 Å². The summed E-state index contributed by atoms with van der Waals surface area (Å²) < 4.78 is 27.5. The molecule has 0 radical (unpaired) electrons. The van der Waals surface area contributed by atoms with Crippen molar-refractivity contribution in [3.8, 4) is 17.6 Å². The maximum absolute atomic E-state index is 15.1. The average molecular weight is 489 g/mol. The number of aromatic nitrogens is 3. The van der Waals surface area contributed by atoms with Gasteiger partial charge in [0.05, 0.1) is 48.9 Å².